The summed E-state index contributed by atoms with van der Waals surface area (Å²) in [6, 6.07) is 2.57. The van der Waals surface area contributed by atoms with Crippen LogP contribution in [0.2, 0.25) is 0 Å². The number of rotatable bonds is 4. The molecule has 1 aromatic heterocycles. The van der Waals surface area contributed by atoms with Crippen molar-refractivity contribution in [1.82, 2.24) is 10.2 Å². The van der Waals surface area contributed by atoms with Crippen LogP contribution in [0, 0.1) is 5.92 Å². The number of amides is 2. The Hall–Kier alpha value is -1.82. The lowest BCUT2D eigenvalue weighted by atomic mass is 9.98. The van der Waals surface area contributed by atoms with Gasteiger partial charge in [-0.25, -0.2) is 0 Å². The van der Waals surface area contributed by atoms with E-state index in [1.54, 1.807) is 24.0 Å². The molecular formula is C14H20N2O4. The molecule has 1 fully saturated rings. The predicted octanol–water partition coefficient (Wildman–Crippen LogP) is 0.629. The van der Waals surface area contributed by atoms with Crippen molar-refractivity contribution in [3.8, 4) is 0 Å². The number of aliphatic hydroxyl groups excluding tert-OH is 1. The zero-order chi connectivity index (χ0) is 14.5. The Kier molecular flexibility index (Phi) is 4.79. The third-order valence-corrected chi connectivity index (χ3v) is 3.55. The number of carbonyl (C=O) groups excluding carboxylic acids is 2. The second kappa shape index (κ2) is 6.56. The number of nitrogens with zero attached hydrogens (tertiary/aromatic N) is 1. The normalized spacial score (nSPS) is 20.5. The van der Waals surface area contributed by atoms with Crippen LogP contribution in [0.4, 0.5) is 0 Å². The molecule has 1 aliphatic rings. The number of hydrogen-bond donors (Lipinski definition) is 2. The molecule has 0 saturated carbocycles. The molecule has 1 aromatic rings. The van der Waals surface area contributed by atoms with Gasteiger partial charge < -0.3 is 19.7 Å². The quantitative estimate of drug-likeness (QED) is 0.847. The summed E-state index contributed by atoms with van der Waals surface area (Å²) >= 11 is 0. The number of carbonyl (C=O) groups is 2. The fraction of sp³-hybridized carbons (Fsp3) is 0.571. The van der Waals surface area contributed by atoms with Crippen molar-refractivity contribution in [3.63, 3.8) is 0 Å². The Morgan fingerprint density at radius 3 is 3.05 bits per heavy atom. The van der Waals surface area contributed by atoms with Gasteiger partial charge in [0.15, 0.2) is 5.76 Å². The van der Waals surface area contributed by atoms with Gasteiger partial charge in [-0.3, -0.25) is 9.59 Å². The van der Waals surface area contributed by atoms with Crippen molar-refractivity contribution in [1.29, 1.82) is 0 Å². The van der Waals surface area contributed by atoms with E-state index in [2.05, 4.69) is 5.32 Å². The van der Waals surface area contributed by atoms with Crippen LogP contribution in [0.5, 0.6) is 0 Å². The van der Waals surface area contributed by atoms with Crippen LogP contribution >= 0.6 is 0 Å². The molecule has 2 amide bonds. The molecular weight excluding hydrogens is 260 g/mol. The standard InChI is InChI=1S/C14H20N2O4/c1-10(15-13(18)12-5-3-7-20-12)14(19)16-6-2-4-11(8-16)9-17/h3,5,7,10-11,17H,2,4,6,8-9H2,1H3,(H,15,18). The molecule has 2 unspecified atom stereocenters. The van der Waals surface area contributed by atoms with Gasteiger partial charge in [-0.05, 0) is 37.8 Å². The molecule has 2 N–H and O–H groups in total. The maximum Gasteiger partial charge on any atom is 0.287 e. The number of piperidine rings is 1. The molecule has 6 nitrogen and oxygen atoms in total. The van der Waals surface area contributed by atoms with E-state index in [4.69, 9.17) is 4.42 Å². The Balaban J connectivity index is 1.90. The van der Waals surface area contributed by atoms with Gasteiger partial charge in [-0.2, -0.15) is 0 Å². The van der Waals surface area contributed by atoms with Crippen molar-refractivity contribution in [2.45, 2.75) is 25.8 Å². The molecule has 0 bridgehead atoms. The first kappa shape index (κ1) is 14.6. The van der Waals surface area contributed by atoms with E-state index in [0.29, 0.717) is 13.1 Å². The fourth-order valence-electron chi connectivity index (χ4n) is 2.43. The van der Waals surface area contributed by atoms with E-state index in [-0.39, 0.29) is 24.2 Å². The predicted molar refractivity (Wildman–Crippen MR) is 72.0 cm³/mol. The van der Waals surface area contributed by atoms with Crippen molar-refractivity contribution >= 4 is 11.8 Å². The van der Waals surface area contributed by atoms with Gasteiger partial charge in [0.2, 0.25) is 5.91 Å². The summed E-state index contributed by atoms with van der Waals surface area (Å²) in [5.41, 5.74) is 0. The summed E-state index contributed by atoms with van der Waals surface area (Å²) in [6.45, 7) is 2.98. The number of nitrogens with one attached hydrogen (secondary N) is 1. The van der Waals surface area contributed by atoms with E-state index in [9.17, 15) is 14.7 Å². The van der Waals surface area contributed by atoms with Crippen LogP contribution in [0.25, 0.3) is 0 Å². The van der Waals surface area contributed by atoms with E-state index in [1.807, 2.05) is 0 Å². The van der Waals surface area contributed by atoms with Crippen LogP contribution in [0.15, 0.2) is 22.8 Å². The van der Waals surface area contributed by atoms with Crippen molar-refractivity contribution < 1.29 is 19.1 Å². The van der Waals surface area contributed by atoms with E-state index >= 15 is 0 Å². The number of likely N-dealkylation sites (tertiary alicyclic amines) is 1. The number of aliphatic hydroxyl groups is 1. The van der Waals surface area contributed by atoms with Crippen LogP contribution in [-0.4, -0.2) is 47.6 Å². The van der Waals surface area contributed by atoms with E-state index in [0.717, 1.165) is 12.8 Å². The maximum atomic E-state index is 12.3. The van der Waals surface area contributed by atoms with Gasteiger partial charge in [0.05, 0.1) is 6.26 Å². The average molecular weight is 280 g/mol. The maximum absolute atomic E-state index is 12.3. The van der Waals surface area contributed by atoms with Crippen LogP contribution in [0.1, 0.15) is 30.3 Å². The largest absolute Gasteiger partial charge is 0.459 e. The minimum atomic E-state index is -0.606. The molecule has 1 saturated heterocycles. The molecule has 0 aliphatic carbocycles. The summed E-state index contributed by atoms with van der Waals surface area (Å²) < 4.78 is 4.99. The lowest BCUT2D eigenvalue weighted by Crippen LogP contribution is -2.50. The highest BCUT2D eigenvalue weighted by molar-refractivity contribution is 5.95. The average Bonchev–Trinajstić information content (AvgIpc) is 3.00. The van der Waals surface area contributed by atoms with Gasteiger partial charge >= 0.3 is 0 Å². The smallest absolute Gasteiger partial charge is 0.287 e. The molecule has 2 atom stereocenters. The zero-order valence-corrected chi connectivity index (χ0v) is 11.5. The molecule has 2 heterocycles. The Morgan fingerprint density at radius 2 is 2.40 bits per heavy atom. The first-order valence-electron chi connectivity index (χ1n) is 6.86. The van der Waals surface area contributed by atoms with E-state index < -0.39 is 11.9 Å². The third kappa shape index (κ3) is 3.39. The van der Waals surface area contributed by atoms with Crippen LogP contribution < -0.4 is 5.32 Å². The third-order valence-electron chi connectivity index (χ3n) is 3.55. The second-order valence-electron chi connectivity index (χ2n) is 5.15. The SMILES string of the molecule is CC(NC(=O)c1ccco1)C(=O)N1CCCC(CO)C1. The highest BCUT2D eigenvalue weighted by atomic mass is 16.3. The minimum absolute atomic E-state index is 0.0942. The first-order chi connectivity index (χ1) is 9.61. The summed E-state index contributed by atoms with van der Waals surface area (Å²) in [5.74, 6) is -0.188. The summed E-state index contributed by atoms with van der Waals surface area (Å²) in [4.78, 5) is 25.8. The molecule has 1 aliphatic heterocycles. The van der Waals surface area contributed by atoms with Crippen LogP contribution in [0.3, 0.4) is 0 Å². The Bertz CT molecular complexity index is 458. The number of furan rings is 1. The molecule has 6 heteroatoms. The lowest BCUT2D eigenvalue weighted by Gasteiger charge is -2.33. The Labute approximate surface area is 117 Å². The van der Waals surface area contributed by atoms with Gasteiger partial charge in [-0.1, -0.05) is 0 Å². The van der Waals surface area contributed by atoms with Gasteiger partial charge in [0.1, 0.15) is 6.04 Å². The van der Waals surface area contributed by atoms with Gasteiger partial charge in [-0.15, -0.1) is 0 Å². The molecule has 0 spiro atoms. The topological polar surface area (TPSA) is 82.8 Å². The summed E-state index contributed by atoms with van der Waals surface area (Å²) in [5, 5.41) is 11.8. The molecule has 20 heavy (non-hydrogen) atoms. The molecule has 110 valence electrons. The number of hydrogen-bond acceptors (Lipinski definition) is 4. The van der Waals surface area contributed by atoms with Crippen molar-refractivity contribution in [2.75, 3.05) is 19.7 Å². The van der Waals surface area contributed by atoms with E-state index in [1.165, 1.54) is 6.26 Å². The lowest BCUT2D eigenvalue weighted by molar-refractivity contribution is -0.134. The Morgan fingerprint density at radius 1 is 1.60 bits per heavy atom. The fourth-order valence-corrected chi connectivity index (χ4v) is 2.43. The summed E-state index contributed by atoms with van der Waals surface area (Å²) in [7, 11) is 0. The highest BCUT2D eigenvalue weighted by Gasteiger charge is 2.27. The highest BCUT2D eigenvalue weighted by Crippen LogP contribution is 2.16. The molecule has 0 radical (unpaired) electrons. The zero-order valence-electron chi connectivity index (χ0n) is 11.5. The monoisotopic (exact) mass is 280 g/mol. The van der Waals surface area contributed by atoms with Gasteiger partial charge in [0, 0.05) is 19.7 Å². The minimum Gasteiger partial charge on any atom is -0.459 e. The second-order valence-corrected chi connectivity index (χ2v) is 5.15. The first-order valence-corrected chi connectivity index (χ1v) is 6.86. The molecule has 2 rings (SSSR count). The molecule has 0 aromatic carbocycles. The van der Waals surface area contributed by atoms with Crippen molar-refractivity contribution in [3.05, 3.63) is 24.2 Å². The summed E-state index contributed by atoms with van der Waals surface area (Å²) in [6.07, 6.45) is 3.24. The van der Waals surface area contributed by atoms with Crippen molar-refractivity contribution in [2.24, 2.45) is 5.92 Å². The van der Waals surface area contributed by atoms with Crippen LogP contribution in [-0.2, 0) is 4.79 Å². The van der Waals surface area contributed by atoms with Gasteiger partial charge in [0.25, 0.3) is 5.91 Å².